The number of amides is 1. The second kappa shape index (κ2) is 9.47. The molecule has 0 aliphatic carbocycles. The van der Waals surface area contributed by atoms with Crippen molar-refractivity contribution in [3.8, 4) is 11.8 Å². The van der Waals surface area contributed by atoms with E-state index in [4.69, 9.17) is 10.4 Å². The van der Waals surface area contributed by atoms with Crippen molar-refractivity contribution in [2.75, 3.05) is 24.0 Å². The van der Waals surface area contributed by atoms with Crippen LogP contribution in [0.5, 0.6) is 5.75 Å². The summed E-state index contributed by atoms with van der Waals surface area (Å²) in [5.74, 6) is -1.19. The number of benzene rings is 1. The third-order valence-electron chi connectivity index (χ3n) is 3.16. The Kier molecular flexibility index (Phi) is 7.65. The van der Waals surface area contributed by atoms with Crippen LogP contribution >= 0.6 is 11.8 Å². The third kappa shape index (κ3) is 5.85. The molecule has 3 N–H and O–H groups in total. The van der Waals surface area contributed by atoms with E-state index in [0.717, 1.165) is 0 Å². The molecular weight excluding hydrogens is 330 g/mol. The first kappa shape index (κ1) is 19.4. The van der Waals surface area contributed by atoms with Crippen molar-refractivity contribution in [3.05, 3.63) is 36.0 Å². The van der Waals surface area contributed by atoms with E-state index in [1.54, 1.807) is 25.2 Å². The molecule has 0 radical (unpaired) electrons. The number of carbonyl (C=O) groups excluding carboxylic acids is 1. The number of aromatic hydroxyl groups is 1. The van der Waals surface area contributed by atoms with Crippen molar-refractivity contribution in [1.82, 2.24) is 5.32 Å². The third-order valence-corrected chi connectivity index (χ3v) is 3.80. The van der Waals surface area contributed by atoms with Crippen LogP contribution in [-0.2, 0) is 9.59 Å². The lowest BCUT2D eigenvalue weighted by Gasteiger charge is -2.16. The molecule has 8 heteroatoms. The number of phenolic OH excluding ortho intramolecular Hbond substituents is 1. The van der Waals surface area contributed by atoms with Crippen LogP contribution < -0.4 is 10.2 Å². The highest BCUT2D eigenvalue weighted by Gasteiger charge is 2.21. The number of carboxylic acids is 1. The van der Waals surface area contributed by atoms with Gasteiger partial charge in [0.1, 0.15) is 23.4 Å². The molecule has 1 amide bonds. The van der Waals surface area contributed by atoms with Crippen LogP contribution in [0.1, 0.15) is 6.42 Å². The Hall–Kier alpha value is -2.66. The molecule has 0 saturated heterocycles. The lowest BCUT2D eigenvalue weighted by molar-refractivity contribution is -0.141. The normalized spacial score (nSPS) is 12.1. The monoisotopic (exact) mass is 349 g/mol. The minimum Gasteiger partial charge on any atom is -0.508 e. The number of nitrogens with zero attached hydrogens (tertiary/aromatic N) is 2. The SMILES string of the molecule is CSCCC(NC(=O)/C(C#N)=C\N(C)c1ccc(O)cc1)C(=O)O. The topological polar surface area (TPSA) is 114 Å². The zero-order valence-corrected chi connectivity index (χ0v) is 14.2. The number of phenols is 1. The van der Waals surface area contributed by atoms with Gasteiger partial charge in [-0.15, -0.1) is 0 Å². The molecule has 1 atom stereocenters. The van der Waals surface area contributed by atoms with Crippen molar-refractivity contribution in [3.63, 3.8) is 0 Å². The van der Waals surface area contributed by atoms with Gasteiger partial charge in [-0.05, 0) is 42.7 Å². The van der Waals surface area contributed by atoms with Gasteiger partial charge in [-0.1, -0.05) is 0 Å². The minimum atomic E-state index is -1.14. The van der Waals surface area contributed by atoms with Crippen molar-refractivity contribution < 1.29 is 19.8 Å². The summed E-state index contributed by atoms with van der Waals surface area (Å²) in [6.07, 6.45) is 3.43. The summed E-state index contributed by atoms with van der Waals surface area (Å²) in [5, 5.41) is 29.9. The molecule has 0 aliphatic heterocycles. The summed E-state index contributed by atoms with van der Waals surface area (Å²) in [6.45, 7) is 0. The maximum atomic E-state index is 12.1. The van der Waals surface area contributed by atoms with E-state index >= 15 is 0 Å². The van der Waals surface area contributed by atoms with Gasteiger partial charge in [0.25, 0.3) is 5.91 Å². The summed E-state index contributed by atoms with van der Waals surface area (Å²) in [7, 11) is 1.64. The van der Waals surface area contributed by atoms with Crippen LogP contribution in [-0.4, -0.2) is 47.2 Å². The Balaban J connectivity index is 2.86. The van der Waals surface area contributed by atoms with Crippen molar-refractivity contribution in [2.45, 2.75) is 12.5 Å². The number of aliphatic carboxylic acids is 1. The van der Waals surface area contributed by atoms with Gasteiger partial charge in [-0.25, -0.2) is 4.79 Å². The van der Waals surface area contributed by atoms with E-state index in [2.05, 4.69) is 5.32 Å². The van der Waals surface area contributed by atoms with Crippen LogP contribution in [0.15, 0.2) is 36.0 Å². The van der Waals surface area contributed by atoms with Gasteiger partial charge in [0, 0.05) is 18.9 Å². The highest BCUT2D eigenvalue weighted by atomic mass is 32.2. The largest absolute Gasteiger partial charge is 0.508 e. The van der Waals surface area contributed by atoms with E-state index in [1.807, 2.05) is 6.26 Å². The fourth-order valence-corrected chi connectivity index (χ4v) is 2.29. The number of anilines is 1. The van der Waals surface area contributed by atoms with Gasteiger partial charge in [-0.3, -0.25) is 4.79 Å². The van der Waals surface area contributed by atoms with Crippen LogP contribution in [0.2, 0.25) is 0 Å². The van der Waals surface area contributed by atoms with Crippen molar-refractivity contribution >= 4 is 29.3 Å². The predicted molar refractivity (Wildman–Crippen MR) is 92.8 cm³/mol. The molecular formula is C16H19N3O4S. The minimum absolute atomic E-state index is 0.104. The average molecular weight is 349 g/mol. The smallest absolute Gasteiger partial charge is 0.326 e. The zero-order valence-electron chi connectivity index (χ0n) is 13.4. The number of rotatable bonds is 8. The van der Waals surface area contributed by atoms with Crippen LogP contribution in [0.4, 0.5) is 5.69 Å². The molecule has 0 aliphatic rings. The van der Waals surface area contributed by atoms with Gasteiger partial charge in [0.2, 0.25) is 0 Å². The van der Waals surface area contributed by atoms with E-state index in [0.29, 0.717) is 11.4 Å². The average Bonchev–Trinajstić information content (AvgIpc) is 2.56. The second-order valence-electron chi connectivity index (χ2n) is 4.93. The molecule has 1 aromatic carbocycles. The molecule has 1 unspecified atom stereocenters. The van der Waals surface area contributed by atoms with Crippen molar-refractivity contribution in [2.24, 2.45) is 0 Å². The molecule has 0 fully saturated rings. The first-order valence-electron chi connectivity index (χ1n) is 7.05. The number of carboxylic acid groups (broad SMARTS) is 1. The summed E-state index contributed by atoms with van der Waals surface area (Å²) >= 11 is 1.47. The van der Waals surface area contributed by atoms with E-state index in [-0.39, 0.29) is 17.7 Å². The quantitative estimate of drug-likeness (QED) is 0.482. The number of thioether (sulfide) groups is 1. The maximum Gasteiger partial charge on any atom is 0.326 e. The second-order valence-corrected chi connectivity index (χ2v) is 5.91. The molecule has 0 bridgehead atoms. The lowest BCUT2D eigenvalue weighted by atomic mass is 10.2. The zero-order chi connectivity index (χ0) is 18.1. The Bertz CT molecular complexity index is 652. The van der Waals surface area contributed by atoms with Gasteiger partial charge in [0.05, 0.1) is 0 Å². The highest BCUT2D eigenvalue weighted by Crippen LogP contribution is 2.18. The van der Waals surface area contributed by atoms with E-state index < -0.39 is 17.9 Å². The molecule has 7 nitrogen and oxygen atoms in total. The number of nitrogens with one attached hydrogen (secondary N) is 1. The Labute approximate surface area is 144 Å². The molecule has 1 aromatic rings. The molecule has 0 spiro atoms. The van der Waals surface area contributed by atoms with Crippen LogP contribution in [0.25, 0.3) is 0 Å². The van der Waals surface area contributed by atoms with Crippen molar-refractivity contribution in [1.29, 1.82) is 5.26 Å². The van der Waals surface area contributed by atoms with Gasteiger partial charge in [0.15, 0.2) is 0 Å². The molecule has 24 heavy (non-hydrogen) atoms. The number of hydrogen-bond acceptors (Lipinski definition) is 6. The fraction of sp³-hybridized carbons (Fsp3) is 0.312. The van der Waals surface area contributed by atoms with Gasteiger partial charge >= 0.3 is 5.97 Å². The van der Waals surface area contributed by atoms with Crippen LogP contribution in [0.3, 0.4) is 0 Å². The van der Waals surface area contributed by atoms with Crippen LogP contribution in [0, 0.1) is 11.3 Å². The summed E-state index contributed by atoms with van der Waals surface area (Å²) in [6, 6.07) is 6.94. The Morgan fingerprint density at radius 3 is 2.54 bits per heavy atom. The first-order valence-corrected chi connectivity index (χ1v) is 8.44. The van der Waals surface area contributed by atoms with Gasteiger partial charge in [-0.2, -0.15) is 17.0 Å². The highest BCUT2D eigenvalue weighted by molar-refractivity contribution is 7.98. The fourth-order valence-electron chi connectivity index (χ4n) is 1.82. The molecule has 0 heterocycles. The van der Waals surface area contributed by atoms with E-state index in [1.165, 1.54) is 35.0 Å². The lowest BCUT2D eigenvalue weighted by Crippen LogP contribution is -2.42. The summed E-state index contributed by atoms with van der Waals surface area (Å²) in [4.78, 5) is 24.8. The molecule has 128 valence electrons. The number of nitriles is 1. The Morgan fingerprint density at radius 2 is 2.04 bits per heavy atom. The first-order chi connectivity index (χ1) is 11.4. The maximum absolute atomic E-state index is 12.1. The van der Waals surface area contributed by atoms with Gasteiger partial charge < -0.3 is 20.4 Å². The number of hydrogen-bond donors (Lipinski definition) is 3. The molecule has 0 aromatic heterocycles. The predicted octanol–water partition coefficient (Wildman–Crippen LogP) is 1.56. The van der Waals surface area contributed by atoms with E-state index in [9.17, 15) is 14.7 Å². The molecule has 0 saturated carbocycles. The molecule has 1 rings (SSSR count). The standard InChI is InChI=1S/C16H19N3O4S/c1-19(12-3-5-13(20)6-4-12)10-11(9-17)15(21)18-14(16(22)23)7-8-24-2/h3-6,10,14,20H,7-8H2,1-2H3,(H,18,21)(H,22,23)/b11-10-. The Morgan fingerprint density at radius 1 is 1.42 bits per heavy atom. The summed E-state index contributed by atoms with van der Waals surface area (Å²) in [5.41, 5.74) is 0.450. The number of carbonyl (C=O) groups is 2. The summed E-state index contributed by atoms with van der Waals surface area (Å²) < 4.78 is 0.